The Labute approximate surface area is 103 Å². The summed E-state index contributed by atoms with van der Waals surface area (Å²) >= 11 is 0. The minimum Gasteiger partial charge on any atom is -0.444 e. The van der Waals surface area contributed by atoms with Crippen molar-refractivity contribution in [2.75, 3.05) is 5.32 Å². The van der Waals surface area contributed by atoms with Crippen LogP contribution in [0.5, 0.6) is 0 Å². The molecule has 1 amide bonds. The largest absolute Gasteiger partial charge is 0.444 e. The van der Waals surface area contributed by atoms with E-state index < -0.39 is 17.5 Å². The number of fused-ring (bicyclic) bond motifs is 1. The van der Waals surface area contributed by atoms with E-state index >= 15 is 0 Å². The van der Waals surface area contributed by atoms with Gasteiger partial charge >= 0.3 is 6.09 Å². The number of anilines is 1. The van der Waals surface area contributed by atoms with Crippen LogP contribution in [0.3, 0.4) is 0 Å². The quantitative estimate of drug-likeness (QED) is 0.844. The van der Waals surface area contributed by atoms with Crippen LogP contribution in [-0.4, -0.2) is 26.3 Å². The van der Waals surface area contributed by atoms with E-state index in [9.17, 15) is 9.18 Å². The van der Waals surface area contributed by atoms with Gasteiger partial charge in [0.25, 0.3) is 0 Å². The van der Waals surface area contributed by atoms with Gasteiger partial charge < -0.3 is 4.74 Å². The van der Waals surface area contributed by atoms with E-state index in [0.29, 0.717) is 11.3 Å². The molecule has 0 bridgehead atoms. The van der Waals surface area contributed by atoms with E-state index in [-0.39, 0.29) is 0 Å². The molecule has 0 spiro atoms. The van der Waals surface area contributed by atoms with Crippen LogP contribution in [0.4, 0.5) is 14.9 Å². The Hall–Kier alpha value is -2.18. The Kier molecular flexibility index (Phi) is 2.90. The van der Waals surface area contributed by atoms with Gasteiger partial charge in [-0.05, 0) is 20.8 Å². The second-order valence-electron chi connectivity index (χ2n) is 4.73. The van der Waals surface area contributed by atoms with Crippen LogP contribution in [-0.2, 0) is 4.74 Å². The number of hydrogen-bond acceptors (Lipinski definition) is 4. The molecule has 0 aliphatic carbocycles. The first-order chi connectivity index (χ1) is 8.35. The van der Waals surface area contributed by atoms with Crippen LogP contribution in [0.2, 0.25) is 0 Å². The van der Waals surface area contributed by atoms with Gasteiger partial charge in [-0.1, -0.05) is 0 Å². The van der Waals surface area contributed by atoms with Gasteiger partial charge in [0, 0.05) is 0 Å². The molecule has 7 heteroatoms. The third-order valence-electron chi connectivity index (χ3n) is 1.96. The van der Waals surface area contributed by atoms with Crippen molar-refractivity contribution >= 4 is 17.4 Å². The predicted molar refractivity (Wildman–Crippen MR) is 62.8 cm³/mol. The molecule has 2 rings (SSSR count). The topological polar surface area (TPSA) is 68.5 Å². The van der Waals surface area contributed by atoms with Gasteiger partial charge in [-0.2, -0.15) is 5.10 Å². The molecule has 96 valence electrons. The fourth-order valence-corrected chi connectivity index (χ4v) is 1.35. The van der Waals surface area contributed by atoms with E-state index in [1.54, 1.807) is 20.8 Å². The van der Waals surface area contributed by atoms with Crippen LogP contribution >= 0.6 is 0 Å². The van der Waals surface area contributed by atoms with Crippen LogP contribution < -0.4 is 5.32 Å². The average molecular weight is 252 g/mol. The third-order valence-corrected chi connectivity index (χ3v) is 1.96. The highest BCUT2D eigenvalue weighted by molar-refractivity contribution is 5.89. The summed E-state index contributed by atoms with van der Waals surface area (Å²) in [6, 6.07) is 0. The zero-order valence-corrected chi connectivity index (χ0v) is 10.3. The van der Waals surface area contributed by atoms with E-state index in [0.717, 1.165) is 6.20 Å². The first-order valence-electron chi connectivity index (χ1n) is 5.34. The van der Waals surface area contributed by atoms with E-state index in [1.165, 1.54) is 16.9 Å². The number of aromatic nitrogens is 3. The maximum atomic E-state index is 12.9. The number of carbonyl (C=O) groups is 1. The monoisotopic (exact) mass is 252 g/mol. The number of ether oxygens (including phenoxy) is 1. The Morgan fingerprint density at radius 3 is 2.83 bits per heavy atom. The highest BCUT2D eigenvalue weighted by atomic mass is 19.1. The highest BCUT2D eigenvalue weighted by Gasteiger charge is 2.17. The third kappa shape index (κ3) is 2.73. The SMILES string of the molecule is CC(C)(C)OC(=O)Nc1cnn2cc(F)cnc12. The molecule has 0 radical (unpaired) electrons. The standard InChI is InChI=1S/C11H13FN4O2/c1-11(2,3)18-10(17)15-8-5-14-16-6-7(12)4-13-9(8)16/h4-6H,1-3H3,(H,15,17). The maximum absolute atomic E-state index is 12.9. The van der Waals surface area contributed by atoms with Gasteiger partial charge in [0.15, 0.2) is 11.5 Å². The minimum atomic E-state index is -0.608. The van der Waals surface area contributed by atoms with Crippen molar-refractivity contribution in [3.63, 3.8) is 0 Å². The zero-order chi connectivity index (χ0) is 13.3. The van der Waals surface area contributed by atoms with Gasteiger partial charge in [0.05, 0.1) is 18.6 Å². The molecule has 2 heterocycles. The number of halogens is 1. The fraction of sp³-hybridized carbons (Fsp3) is 0.364. The molecule has 2 aromatic rings. The molecule has 0 aliphatic heterocycles. The Morgan fingerprint density at radius 1 is 1.44 bits per heavy atom. The molecule has 18 heavy (non-hydrogen) atoms. The van der Waals surface area contributed by atoms with Gasteiger partial charge in [-0.15, -0.1) is 0 Å². The molecular formula is C11H13FN4O2. The lowest BCUT2D eigenvalue weighted by atomic mass is 10.2. The number of rotatable bonds is 1. The van der Waals surface area contributed by atoms with Gasteiger partial charge in [0.2, 0.25) is 0 Å². The second kappa shape index (κ2) is 4.25. The lowest BCUT2D eigenvalue weighted by molar-refractivity contribution is 0.0636. The van der Waals surface area contributed by atoms with Crippen molar-refractivity contribution < 1.29 is 13.9 Å². The summed E-state index contributed by atoms with van der Waals surface area (Å²) < 4.78 is 19.2. The molecule has 0 saturated heterocycles. The van der Waals surface area contributed by atoms with Gasteiger partial charge in [-0.3, -0.25) is 5.32 Å². The molecule has 0 aliphatic rings. The van der Waals surface area contributed by atoms with E-state index in [2.05, 4.69) is 15.4 Å². The Bertz CT molecular complexity index is 588. The molecule has 0 fully saturated rings. The normalized spacial score (nSPS) is 11.6. The molecule has 0 unspecified atom stereocenters. The second-order valence-corrected chi connectivity index (χ2v) is 4.73. The minimum absolute atomic E-state index is 0.349. The van der Waals surface area contributed by atoms with Crippen molar-refractivity contribution in [1.29, 1.82) is 0 Å². The smallest absolute Gasteiger partial charge is 0.412 e. The van der Waals surface area contributed by atoms with Crippen LogP contribution in [0.15, 0.2) is 18.6 Å². The number of amides is 1. The van der Waals surface area contributed by atoms with Crippen LogP contribution in [0, 0.1) is 5.82 Å². The van der Waals surface area contributed by atoms with Crippen molar-refractivity contribution in [3.05, 3.63) is 24.4 Å². The van der Waals surface area contributed by atoms with Crippen molar-refractivity contribution in [3.8, 4) is 0 Å². The van der Waals surface area contributed by atoms with Gasteiger partial charge in [-0.25, -0.2) is 18.7 Å². The summed E-state index contributed by atoms with van der Waals surface area (Å²) in [6.07, 6.45) is 2.99. The van der Waals surface area contributed by atoms with Crippen LogP contribution in [0.1, 0.15) is 20.8 Å². The first-order valence-corrected chi connectivity index (χ1v) is 5.34. The molecule has 2 aromatic heterocycles. The van der Waals surface area contributed by atoms with Crippen molar-refractivity contribution in [1.82, 2.24) is 14.6 Å². The molecule has 0 atom stereocenters. The average Bonchev–Trinajstić information content (AvgIpc) is 2.57. The highest BCUT2D eigenvalue weighted by Crippen LogP contribution is 2.16. The maximum Gasteiger partial charge on any atom is 0.412 e. The summed E-state index contributed by atoms with van der Waals surface area (Å²) in [6.45, 7) is 5.28. The molecule has 0 saturated carbocycles. The number of hydrogen-bond donors (Lipinski definition) is 1. The van der Waals surface area contributed by atoms with Crippen molar-refractivity contribution in [2.45, 2.75) is 26.4 Å². The molecular weight excluding hydrogens is 239 g/mol. The van der Waals surface area contributed by atoms with Gasteiger partial charge in [0.1, 0.15) is 11.3 Å². The Morgan fingerprint density at radius 2 is 2.17 bits per heavy atom. The molecule has 6 nitrogen and oxygen atoms in total. The van der Waals surface area contributed by atoms with E-state index in [4.69, 9.17) is 4.74 Å². The van der Waals surface area contributed by atoms with E-state index in [1.807, 2.05) is 0 Å². The molecule has 0 aromatic carbocycles. The summed E-state index contributed by atoms with van der Waals surface area (Å²) in [5.74, 6) is -0.505. The number of nitrogens with one attached hydrogen (secondary N) is 1. The predicted octanol–water partition coefficient (Wildman–Crippen LogP) is 2.22. The first kappa shape index (κ1) is 12.3. The fourth-order valence-electron chi connectivity index (χ4n) is 1.35. The number of nitrogens with zero attached hydrogens (tertiary/aromatic N) is 3. The molecule has 1 N–H and O–H groups in total. The van der Waals surface area contributed by atoms with Crippen molar-refractivity contribution in [2.24, 2.45) is 0 Å². The number of carbonyl (C=O) groups excluding carboxylic acids is 1. The van der Waals surface area contributed by atoms with Crippen LogP contribution in [0.25, 0.3) is 5.65 Å². The lowest BCUT2D eigenvalue weighted by Crippen LogP contribution is -2.27. The summed E-state index contributed by atoms with van der Waals surface area (Å²) in [5, 5.41) is 6.38. The summed E-state index contributed by atoms with van der Waals surface area (Å²) in [5.41, 5.74) is 0.124. The Balaban J connectivity index is 2.20. The zero-order valence-electron chi connectivity index (χ0n) is 10.3. The summed E-state index contributed by atoms with van der Waals surface area (Å²) in [7, 11) is 0. The lowest BCUT2D eigenvalue weighted by Gasteiger charge is -2.19. The summed E-state index contributed by atoms with van der Waals surface area (Å²) in [4.78, 5) is 15.4.